The van der Waals surface area contributed by atoms with Crippen LogP contribution in [0.3, 0.4) is 0 Å². The molecule has 0 amide bonds. The maximum Gasteiger partial charge on any atom is 0.159 e. The SMILES string of the molecule is CCSC(C)CC1CC(=O)C=C(O)C1. The largest absolute Gasteiger partial charge is 0.512 e. The minimum atomic E-state index is 0.0763. The Morgan fingerprint density at radius 3 is 2.93 bits per heavy atom. The normalized spacial score (nSPS) is 24.6. The number of hydrogen-bond donors (Lipinski definition) is 1. The van der Waals surface area contributed by atoms with E-state index in [9.17, 15) is 9.90 Å². The molecule has 1 aliphatic carbocycles. The summed E-state index contributed by atoms with van der Waals surface area (Å²) in [4.78, 5) is 11.2. The van der Waals surface area contributed by atoms with E-state index in [0.717, 1.165) is 12.2 Å². The maximum atomic E-state index is 11.2. The quantitative estimate of drug-likeness (QED) is 0.781. The molecule has 0 fully saturated rings. The van der Waals surface area contributed by atoms with Crippen LogP contribution in [0.4, 0.5) is 0 Å². The van der Waals surface area contributed by atoms with Gasteiger partial charge in [0.15, 0.2) is 5.78 Å². The zero-order valence-electron chi connectivity index (χ0n) is 8.82. The van der Waals surface area contributed by atoms with E-state index in [4.69, 9.17) is 0 Å². The summed E-state index contributed by atoms with van der Waals surface area (Å²) in [6, 6.07) is 0. The zero-order valence-corrected chi connectivity index (χ0v) is 9.64. The molecule has 14 heavy (non-hydrogen) atoms. The van der Waals surface area contributed by atoms with Crippen LogP contribution < -0.4 is 0 Å². The molecule has 2 unspecified atom stereocenters. The van der Waals surface area contributed by atoms with Gasteiger partial charge in [-0.3, -0.25) is 4.79 Å². The van der Waals surface area contributed by atoms with Gasteiger partial charge in [-0.15, -0.1) is 0 Å². The first-order valence-corrected chi connectivity index (χ1v) is 6.20. The van der Waals surface area contributed by atoms with Crippen molar-refractivity contribution in [2.45, 2.75) is 38.4 Å². The van der Waals surface area contributed by atoms with Crippen LogP contribution in [-0.4, -0.2) is 21.9 Å². The Kier molecular flexibility index (Phi) is 4.52. The first-order chi connectivity index (χ1) is 6.61. The average molecular weight is 214 g/mol. The number of hydrogen-bond acceptors (Lipinski definition) is 3. The molecule has 1 rings (SSSR count). The van der Waals surface area contributed by atoms with Gasteiger partial charge in [-0.1, -0.05) is 13.8 Å². The van der Waals surface area contributed by atoms with E-state index in [1.54, 1.807) is 0 Å². The van der Waals surface area contributed by atoms with Crippen molar-refractivity contribution < 1.29 is 9.90 Å². The molecule has 0 saturated carbocycles. The monoisotopic (exact) mass is 214 g/mol. The predicted octanol–water partition coefficient (Wildman–Crippen LogP) is 2.94. The number of carbonyl (C=O) groups excluding carboxylic acids is 1. The van der Waals surface area contributed by atoms with Crippen molar-refractivity contribution in [3.63, 3.8) is 0 Å². The maximum absolute atomic E-state index is 11.2. The third-order valence-corrected chi connectivity index (χ3v) is 3.53. The van der Waals surface area contributed by atoms with Crippen LogP contribution in [0, 0.1) is 5.92 Å². The number of carbonyl (C=O) groups is 1. The Bertz CT molecular complexity index is 235. The number of aliphatic hydroxyl groups excluding tert-OH is 1. The minimum Gasteiger partial charge on any atom is -0.512 e. The van der Waals surface area contributed by atoms with Crippen LogP contribution in [-0.2, 0) is 4.79 Å². The van der Waals surface area contributed by atoms with Crippen LogP contribution in [0.1, 0.15) is 33.1 Å². The van der Waals surface area contributed by atoms with E-state index in [0.29, 0.717) is 24.0 Å². The summed E-state index contributed by atoms with van der Waals surface area (Å²) in [6.07, 6.45) is 3.69. The second-order valence-corrected chi connectivity index (χ2v) is 5.59. The van der Waals surface area contributed by atoms with Crippen LogP contribution in [0.2, 0.25) is 0 Å². The first-order valence-electron chi connectivity index (χ1n) is 5.15. The highest BCUT2D eigenvalue weighted by Gasteiger charge is 2.21. The van der Waals surface area contributed by atoms with Crippen LogP contribution in [0.25, 0.3) is 0 Å². The third kappa shape index (κ3) is 3.74. The fraction of sp³-hybridized carbons (Fsp3) is 0.727. The van der Waals surface area contributed by atoms with Crippen molar-refractivity contribution >= 4 is 17.5 Å². The van der Waals surface area contributed by atoms with Crippen molar-refractivity contribution in [3.8, 4) is 0 Å². The van der Waals surface area contributed by atoms with Gasteiger partial charge < -0.3 is 5.11 Å². The Balaban J connectivity index is 2.39. The molecule has 0 aromatic heterocycles. The molecule has 0 bridgehead atoms. The lowest BCUT2D eigenvalue weighted by Gasteiger charge is -2.21. The van der Waals surface area contributed by atoms with Gasteiger partial charge in [0.1, 0.15) is 0 Å². The molecule has 0 heterocycles. The Hall–Kier alpha value is -0.440. The third-order valence-electron chi connectivity index (χ3n) is 2.43. The molecule has 0 aromatic rings. The fourth-order valence-corrected chi connectivity index (χ4v) is 2.92. The van der Waals surface area contributed by atoms with Gasteiger partial charge in [-0.25, -0.2) is 0 Å². The van der Waals surface area contributed by atoms with Crippen molar-refractivity contribution in [3.05, 3.63) is 11.8 Å². The fourth-order valence-electron chi connectivity index (χ4n) is 1.94. The molecule has 1 N–H and O–H groups in total. The van der Waals surface area contributed by atoms with Gasteiger partial charge in [0.25, 0.3) is 0 Å². The molecular weight excluding hydrogens is 196 g/mol. The highest BCUT2D eigenvalue weighted by molar-refractivity contribution is 7.99. The van der Waals surface area contributed by atoms with Gasteiger partial charge >= 0.3 is 0 Å². The Morgan fingerprint density at radius 1 is 1.64 bits per heavy atom. The molecule has 80 valence electrons. The van der Waals surface area contributed by atoms with Crippen molar-refractivity contribution in [1.82, 2.24) is 0 Å². The molecule has 2 atom stereocenters. The standard InChI is InChI=1S/C11H18O2S/c1-3-14-8(2)4-9-5-10(12)7-11(13)6-9/h7-9,12H,3-6H2,1-2H3. The summed E-state index contributed by atoms with van der Waals surface area (Å²) in [5.41, 5.74) is 0. The average Bonchev–Trinajstić information content (AvgIpc) is 2.01. The van der Waals surface area contributed by atoms with Gasteiger partial charge in [0.2, 0.25) is 0 Å². The van der Waals surface area contributed by atoms with Gasteiger partial charge in [0.05, 0.1) is 5.76 Å². The van der Waals surface area contributed by atoms with E-state index >= 15 is 0 Å². The molecular formula is C11H18O2S. The molecule has 2 nitrogen and oxygen atoms in total. The van der Waals surface area contributed by atoms with Crippen molar-refractivity contribution in [2.24, 2.45) is 5.92 Å². The lowest BCUT2D eigenvalue weighted by Crippen LogP contribution is -2.17. The molecule has 0 saturated heterocycles. The van der Waals surface area contributed by atoms with Crippen molar-refractivity contribution in [2.75, 3.05) is 5.75 Å². The van der Waals surface area contributed by atoms with E-state index in [2.05, 4.69) is 13.8 Å². The number of thioether (sulfide) groups is 1. The lowest BCUT2D eigenvalue weighted by atomic mass is 9.89. The van der Waals surface area contributed by atoms with E-state index in [1.165, 1.54) is 6.08 Å². The number of rotatable bonds is 4. The number of allylic oxidation sites excluding steroid dienone is 2. The summed E-state index contributed by atoms with van der Waals surface area (Å²) in [5, 5.41) is 9.91. The van der Waals surface area contributed by atoms with Crippen LogP contribution in [0.15, 0.2) is 11.8 Å². The Labute approximate surface area is 89.8 Å². The van der Waals surface area contributed by atoms with Crippen LogP contribution >= 0.6 is 11.8 Å². The molecule has 3 heteroatoms. The predicted molar refractivity (Wildman–Crippen MR) is 60.7 cm³/mol. The molecule has 0 aromatic carbocycles. The topological polar surface area (TPSA) is 37.3 Å². The van der Waals surface area contributed by atoms with Gasteiger partial charge in [0, 0.05) is 24.2 Å². The molecule has 0 spiro atoms. The summed E-state index contributed by atoms with van der Waals surface area (Å²) in [6.45, 7) is 4.33. The van der Waals surface area contributed by atoms with Crippen molar-refractivity contribution in [1.29, 1.82) is 0 Å². The zero-order chi connectivity index (χ0) is 10.6. The summed E-state index contributed by atoms with van der Waals surface area (Å²) in [7, 11) is 0. The minimum absolute atomic E-state index is 0.0763. The molecule has 1 aliphatic rings. The highest BCUT2D eigenvalue weighted by atomic mass is 32.2. The first kappa shape index (κ1) is 11.6. The highest BCUT2D eigenvalue weighted by Crippen LogP contribution is 2.28. The van der Waals surface area contributed by atoms with E-state index < -0.39 is 0 Å². The molecule has 0 aliphatic heterocycles. The molecule has 0 radical (unpaired) electrons. The van der Waals surface area contributed by atoms with E-state index in [-0.39, 0.29) is 11.5 Å². The van der Waals surface area contributed by atoms with E-state index in [1.807, 2.05) is 11.8 Å². The second kappa shape index (κ2) is 5.44. The van der Waals surface area contributed by atoms with Gasteiger partial charge in [-0.05, 0) is 18.1 Å². The second-order valence-electron chi connectivity index (χ2n) is 3.88. The van der Waals surface area contributed by atoms with Gasteiger partial charge in [-0.2, -0.15) is 11.8 Å². The number of ketones is 1. The summed E-state index contributed by atoms with van der Waals surface area (Å²) >= 11 is 1.91. The number of aliphatic hydroxyl groups is 1. The summed E-state index contributed by atoms with van der Waals surface area (Å²) in [5.74, 6) is 1.80. The smallest absolute Gasteiger partial charge is 0.159 e. The summed E-state index contributed by atoms with van der Waals surface area (Å²) < 4.78 is 0. The Morgan fingerprint density at radius 2 is 2.36 bits per heavy atom. The van der Waals surface area contributed by atoms with Crippen LogP contribution in [0.5, 0.6) is 0 Å². The lowest BCUT2D eigenvalue weighted by molar-refractivity contribution is -0.116.